The average Bonchev–Trinajstić information content (AvgIpc) is 2.47. The maximum Gasteiger partial charge on any atom is 4.00 e. The third kappa shape index (κ3) is 78.4. The number of rotatable bonds is 4. The van der Waals surface area contributed by atoms with E-state index in [1.165, 1.54) is 6.92 Å². The Balaban J connectivity index is -0.0000000569. The second-order valence-corrected chi connectivity index (χ2v) is 4.06. The molecule has 160 valence electrons. The first-order valence-corrected chi connectivity index (χ1v) is 6.49. The molecule has 0 aliphatic carbocycles. The summed E-state index contributed by atoms with van der Waals surface area (Å²) in [7, 11) is 0. The Morgan fingerprint density at radius 3 is 0.552 bits per heavy atom. The van der Waals surface area contributed by atoms with Crippen molar-refractivity contribution in [2.24, 2.45) is 5.73 Å². The molecule has 0 aliphatic rings. The van der Waals surface area contributed by atoms with Crippen LogP contribution in [0.25, 0.3) is 0 Å². The largest absolute Gasteiger partial charge is 4.00 e. The zero-order valence-corrected chi connectivity index (χ0v) is 18.4. The summed E-state index contributed by atoms with van der Waals surface area (Å²) in [6.45, 7) is 5.29. The molecule has 3 N–H and O–H groups in total. The molecule has 0 amide bonds. The molecule has 0 bridgehead atoms. The van der Waals surface area contributed by atoms with Crippen molar-refractivity contribution in [1.82, 2.24) is 0 Å². The Kier molecular flexibility index (Phi) is 34.8. The molecule has 0 aromatic rings. The van der Waals surface area contributed by atoms with Crippen LogP contribution in [0, 0.1) is 5.41 Å². The molecule has 0 rings (SSSR count). The molecular weight excluding hydrogens is 479 g/mol. The minimum atomic E-state index is -1.63. The molecule has 0 unspecified atom stereocenters. The first kappa shape index (κ1) is 40.6. The number of aliphatic carboxylic acids is 4. The van der Waals surface area contributed by atoms with Gasteiger partial charge in [0, 0.05) is 27.7 Å². The van der Waals surface area contributed by atoms with E-state index >= 15 is 0 Å². The maximum absolute atomic E-state index is 9.48. The molecule has 0 aliphatic heterocycles. The van der Waals surface area contributed by atoms with Gasteiger partial charge < -0.3 is 45.3 Å². The third-order valence-corrected chi connectivity index (χ3v) is 1.15. The zero-order valence-electron chi connectivity index (χ0n) is 16.0. The Morgan fingerprint density at radius 2 is 0.552 bits per heavy atom. The second kappa shape index (κ2) is 24.9. The van der Waals surface area contributed by atoms with Crippen LogP contribution in [0.4, 0.5) is 0 Å². The third-order valence-electron chi connectivity index (χ3n) is 1.15. The van der Waals surface area contributed by atoms with Gasteiger partial charge in [0.2, 0.25) is 0 Å². The minimum absolute atomic E-state index is 0. The number of hydrogen-bond acceptors (Lipinski definition) is 13. The van der Waals surface area contributed by atoms with E-state index in [1.54, 1.807) is 0 Å². The summed E-state index contributed by atoms with van der Waals surface area (Å²) in [4.78, 5) is 74.9. The fourth-order valence-electron chi connectivity index (χ4n) is 0. The van der Waals surface area contributed by atoms with Crippen LogP contribution in [0.3, 0.4) is 0 Å². The van der Waals surface area contributed by atoms with E-state index in [0.29, 0.717) is 0 Å². The number of carboxylic acids is 4. The van der Waals surface area contributed by atoms with Crippen molar-refractivity contribution in [1.29, 1.82) is 5.41 Å². The molecular formula is C14H18N2O12Zr. The number of carboxylic acid groups (broad SMARTS) is 4. The summed E-state index contributed by atoms with van der Waals surface area (Å²) >= 11 is 0. The van der Waals surface area contributed by atoms with Crippen molar-refractivity contribution in [2.45, 2.75) is 34.6 Å². The van der Waals surface area contributed by atoms with E-state index in [0.717, 1.165) is 27.7 Å². The van der Waals surface area contributed by atoms with Crippen LogP contribution in [0.1, 0.15) is 34.6 Å². The fourth-order valence-corrected chi connectivity index (χ4v) is 0. The number of nitrogens with one attached hydrogen (secondary N) is 1. The van der Waals surface area contributed by atoms with Gasteiger partial charge in [-0.2, -0.15) is 0 Å². The van der Waals surface area contributed by atoms with E-state index in [4.69, 9.17) is 11.1 Å². The van der Waals surface area contributed by atoms with Gasteiger partial charge in [0.15, 0.2) is 23.1 Å². The van der Waals surface area contributed by atoms with Gasteiger partial charge in [-0.3, -0.25) is 24.6 Å². The first-order valence-electron chi connectivity index (χ1n) is 6.49. The van der Waals surface area contributed by atoms with Crippen LogP contribution >= 0.6 is 0 Å². The molecule has 0 aromatic carbocycles. The Hall–Kier alpha value is -3.09. The standard InChI is InChI=1S/4C3H4O3.C2H6N2.Zr/c4*1-2(4)3(5)6;1-2(3)4;/h4*1H3,(H,5,6);1H3,(H3,3,4);/q;;;;;+4/p-4. The number of Topliss-reactive ketones (excluding diaryl/α,β-unsaturated/α-hetero) is 4. The van der Waals surface area contributed by atoms with Gasteiger partial charge >= 0.3 is 26.2 Å². The predicted molar refractivity (Wildman–Crippen MR) is 80.3 cm³/mol. The Bertz CT molecular complexity index is 480. The quantitative estimate of drug-likeness (QED) is 0.208. The predicted octanol–water partition coefficient (Wildman–Crippen LogP) is -6.76. The molecule has 15 heteroatoms. The molecule has 29 heavy (non-hydrogen) atoms. The van der Waals surface area contributed by atoms with E-state index in [1.807, 2.05) is 0 Å². The second-order valence-electron chi connectivity index (χ2n) is 4.06. The smallest absolute Gasteiger partial charge is 0.542 e. The molecule has 0 heterocycles. The molecule has 0 saturated carbocycles. The van der Waals surface area contributed by atoms with Crippen LogP contribution in [-0.2, 0) is 64.6 Å². The summed E-state index contributed by atoms with van der Waals surface area (Å²) < 4.78 is 0. The zero-order chi connectivity index (χ0) is 24.2. The molecule has 0 aromatic heterocycles. The number of amidine groups is 1. The van der Waals surface area contributed by atoms with Gasteiger partial charge in [-0.15, -0.1) is 0 Å². The average molecular weight is 498 g/mol. The molecule has 0 atom stereocenters. The van der Waals surface area contributed by atoms with Crippen LogP contribution in [-0.4, -0.2) is 52.8 Å². The van der Waals surface area contributed by atoms with Crippen molar-refractivity contribution >= 4 is 52.8 Å². The summed E-state index contributed by atoms with van der Waals surface area (Å²) in [5.74, 6) is -10.1. The van der Waals surface area contributed by atoms with Gasteiger partial charge in [0.1, 0.15) is 23.9 Å². The number of carbonyl (C=O) groups excluding carboxylic acids is 8. The van der Waals surface area contributed by atoms with Gasteiger partial charge in [-0.1, -0.05) is 0 Å². The summed E-state index contributed by atoms with van der Waals surface area (Å²) in [6.07, 6.45) is 0. The summed E-state index contributed by atoms with van der Waals surface area (Å²) in [5, 5.41) is 43.2. The summed E-state index contributed by atoms with van der Waals surface area (Å²) in [5.41, 5.74) is 4.69. The van der Waals surface area contributed by atoms with E-state index in [2.05, 4.69) is 0 Å². The Labute approximate surface area is 183 Å². The number of hydrogen-bond donors (Lipinski definition) is 2. The minimum Gasteiger partial charge on any atom is -0.542 e. The van der Waals surface area contributed by atoms with E-state index in [9.17, 15) is 58.8 Å². The van der Waals surface area contributed by atoms with Crippen LogP contribution in [0.2, 0.25) is 0 Å². The van der Waals surface area contributed by atoms with Crippen molar-refractivity contribution in [3.05, 3.63) is 0 Å². The van der Waals surface area contributed by atoms with Gasteiger partial charge in [-0.05, 0) is 6.92 Å². The molecule has 14 nitrogen and oxygen atoms in total. The molecule has 0 radical (unpaired) electrons. The number of carbonyl (C=O) groups is 8. The normalized spacial score (nSPS) is 7.07. The first-order chi connectivity index (χ1) is 12.3. The van der Waals surface area contributed by atoms with Crippen molar-refractivity contribution in [2.75, 3.05) is 0 Å². The van der Waals surface area contributed by atoms with Crippen LogP contribution in [0.5, 0.6) is 0 Å². The van der Waals surface area contributed by atoms with E-state index in [-0.39, 0.29) is 32.0 Å². The Morgan fingerprint density at radius 1 is 0.517 bits per heavy atom. The van der Waals surface area contributed by atoms with E-state index < -0.39 is 47.0 Å². The monoisotopic (exact) mass is 496 g/mol. The van der Waals surface area contributed by atoms with Crippen molar-refractivity contribution in [3.63, 3.8) is 0 Å². The van der Waals surface area contributed by atoms with Crippen molar-refractivity contribution in [3.8, 4) is 0 Å². The SMILES string of the molecule is CC(=N)N.CC(=O)C(=O)[O-].CC(=O)C(=O)[O-].CC(=O)C(=O)[O-].CC(=O)C(=O)[O-].[Zr+4]. The van der Waals surface area contributed by atoms with Crippen LogP contribution < -0.4 is 26.2 Å². The molecule has 0 spiro atoms. The maximum atomic E-state index is 9.48. The fraction of sp³-hybridized carbons (Fsp3) is 0.357. The van der Waals surface area contributed by atoms with Crippen LogP contribution in [0.15, 0.2) is 0 Å². The number of nitrogens with two attached hydrogens (primary N) is 1. The summed E-state index contributed by atoms with van der Waals surface area (Å²) in [6, 6.07) is 0. The number of ketones is 4. The van der Waals surface area contributed by atoms with Gasteiger partial charge in [0.25, 0.3) is 0 Å². The molecule has 0 fully saturated rings. The topological polar surface area (TPSA) is 279 Å². The molecule has 0 saturated heterocycles. The van der Waals surface area contributed by atoms with Crippen molar-refractivity contribution < 1.29 is 85.0 Å². The van der Waals surface area contributed by atoms with Gasteiger partial charge in [0.05, 0.1) is 5.84 Å². The van der Waals surface area contributed by atoms with Gasteiger partial charge in [-0.25, -0.2) is 0 Å².